The number of carbonyl (C=O) groups is 1. The highest BCUT2D eigenvalue weighted by Crippen LogP contribution is 2.50. The number of cyclic esters (lactones) is 1. The molecule has 0 saturated carbocycles. The van der Waals surface area contributed by atoms with Crippen molar-refractivity contribution in [3.05, 3.63) is 76.9 Å². The molecule has 1 saturated heterocycles. The van der Waals surface area contributed by atoms with Crippen LogP contribution in [0.4, 0.5) is 4.79 Å². The Labute approximate surface area is 221 Å². The average Bonchev–Trinajstić information content (AvgIpc) is 3.32. The van der Waals surface area contributed by atoms with E-state index in [1.54, 1.807) is 40.2 Å². The van der Waals surface area contributed by atoms with Gasteiger partial charge in [-0.2, -0.15) is 0 Å². The molecule has 3 aromatic rings. The van der Waals surface area contributed by atoms with Crippen LogP contribution in [-0.4, -0.2) is 52.1 Å². The maximum Gasteiger partial charge on any atom is 0.410 e. The number of thioether (sulfide) groups is 1. The molecule has 0 N–H and O–H groups in total. The minimum absolute atomic E-state index is 0.0413. The number of benzene rings is 3. The molecule has 194 valence electrons. The largest absolute Gasteiger partial charge is 0.497 e. The second-order valence-electron chi connectivity index (χ2n) is 9.05. The minimum atomic E-state index is -0.278. The van der Waals surface area contributed by atoms with E-state index in [4.69, 9.17) is 23.7 Å². The first-order valence-electron chi connectivity index (χ1n) is 12.2. The van der Waals surface area contributed by atoms with Gasteiger partial charge in [-0.15, -0.1) is 11.8 Å². The molecule has 2 aliphatic rings. The van der Waals surface area contributed by atoms with Gasteiger partial charge in [0.2, 0.25) is 0 Å². The smallest absolute Gasteiger partial charge is 0.410 e. The number of hydrogen-bond acceptors (Lipinski definition) is 7. The fourth-order valence-electron chi connectivity index (χ4n) is 5.18. The number of rotatable bonds is 9. The number of fused-ring (bicyclic) bond motifs is 2. The summed E-state index contributed by atoms with van der Waals surface area (Å²) in [6, 6.07) is 17.7. The van der Waals surface area contributed by atoms with Gasteiger partial charge in [0.05, 0.1) is 45.4 Å². The fraction of sp³-hybridized carbons (Fsp3) is 0.345. The van der Waals surface area contributed by atoms with E-state index in [0.29, 0.717) is 19.4 Å². The molecule has 37 heavy (non-hydrogen) atoms. The van der Waals surface area contributed by atoms with Gasteiger partial charge in [-0.25, -0.2) is 4.79 Å². The van der Waals surface area contributed by atoms with Crippen molar-refractivity contribution in [2.24, 2.45) is 0 Å². The van der Waals surface area contributed by atoms with Crippen LogP contribution in [0.15, 0.2) is 59.5 Å². The zero-order valence-corrected chi connectivity index (χ0v) is 22.3. The Morgan fingerprint density at radius 1 is 0.865 bits per heavy atom. The van der Waals surface area contributed by atoms with Gasteiger partial charge in [0.1, 0.15) is 29.6 Å². The number of carbonyl (C=O) groups excluding carboxylic acids is 1. The number of methoxy groups -OCH3 is 4. The van der Waals surface area contributed by atoms with Crippen LogP contribution in [0.2, 0.25) is 0 Å². The summed E-state index contributed by atoms with van der Waals surface area (Å²) >= 11 is 1.74. The highest BCUT2D eigenvalue weighted by atomic mass is 32.2. The maximum absolute atomic E-state index is 12.9. The van der Waals surface area contributed by atoms with Gasteiger partial charge in [0.15, 0.2) is 0 Å². The Bertz CT molecular complexity index is 1260. The van der Waals surface area contributed by atoms with Crippen LogP contribution in [0.3, 0.4) is 0 Å². The summed E-state index contributed by atoms with van der Waals surface area (Å²) in [7, 11) is 6.67. The summed E-state index contributed by atoms with van der Waals surface area (Å²) in [5.41, 5.74) is 4.46. The lowest BCUT2D eigenvalue weighted by Crippen LogP contribution is -2.43. The summed E-state index contributed by atoms with van der Waals surface area (Å²) in [5.74, 6) is 3.89. The standard InChI is InChI=1S/C29H31NO6S/c1-32-21-9-5-18(6-10-21)13-24-27-23(14-20-16-36-29(31)30(20)24)28(26(35-4)15-25(27)34-3)37-17-19-7-11-22(33-2)12-8-19/h5-12,15,20,24H,13-14,16-17H2,1-4H3/t20-,24-/m0/s1. The van der Waals surface area contributed by atoms with E-state index < -0.39 is 0 Å². The van der Waals surface area contributed by atoms with Crippen LogP contribution in [-0.2, 0) is 23.3 Å². The molecule has 3 aromatic carbocycles. The SMILES string of the molecule is COc1ccc(CSc2c(OC)cc(OC)c3c2C[C@H]2COC(=O)N2[C@H]3Cc2ccc(OC)cc2)cc1. The topological polar surface area (TPSA) is 66.5 Å². The van der Waals surface area contributed by atoms with Crippen LogP contribution >= 0.6 is 11.8 Å². The molecule has 2 heterocycles. The maximum atomic E-state index is 12.9. The Morgan fingerprint density at radius 2 is 1.49 bits per heavy atom. The van der Waals surface area contributed by atoms with Gasteiger partial charge in [0.25, 0.3) is 0 Å². The normalized spacial score (nSPS) is 18.1. The fourth-order valence-corrected chi connectivity index (χ4v) is 6.33. The highest BCUT2D eigenvalue weighted by molar-refractivity contribution is 7.98. The molecule has 5 rings (SSSR count). The second kappa shape index (κ2) is 10.8. The summed E-state index contributed by atoms with van der Waals surface area (Å²) in [6.07, 6.45) is 1.03. The van der Waals surface area contributed by atoms with Crippen molar-refractivity contribution >= 4 is 17.9 Å². The number of amides is 1. The van der Waals surface area contributed by atoms with Gasteiger partial charge in [-0.1, -0.05) is 24.3 Å². The van der Waals surface area contributed by atoms with E-state index >= 15 is 0 Å². The lowest BCUT2D eigenvalue weighted by Gasteiger charge is -2.39. The van der Waals surface area contributed by atoms with Crippen molar-refractivity contribution in [3.63, 3.8) is 0 Å². The third-order valence-electron chi connectivity index (χ3n) is 7.03. The predicted octanol–water partition coefficient (Wildman–Crippen LogP) is 5.67. The molecule has 7 nitrogen and oxygen atoms in total. The second-order valence-corrected chi connectivity index (χ2v) is 10.0. The zero-order chi connectivity index (χ0) is 25.9. The van der Waals surface area contributed by atoms with Gasteiger partial charge >= 0.3 is 6.09 Å². The van der Waals surface area contributed by atoms with Crippen molar-refractivity contribution in [3.8, 4) is 23.0 Å². The van der Waals surface area contributed by atoms with Gasteiger partial charge in [-0.3, -0.25) is 4.90 Å². The molecule has 0 aliphatic carbocycles. The summed E-state index contributed by atoms with van der Waals surface area (Å²) in [4.78, 5) is 15.9. The first-order chi connectivity index (χ1) is 18.1. The van der Waals surface area contributed by atoms with E-state index in [-0.39, 0.29) is 18.2 Å². The van der Waals surface area contributed by atoms with Crippen LogP contribution in [0.1, 0.15) is 28.3 Å². The highest BCUT2D eigenvalue weighted by Gasteiger charge is 2.45. The third kappa shape index (κ3) is 4.90. The Balaban J connectivity index is 1.56. The number of nitrogens with zero attached hydrogens (tertiary/aromatic N) is 1. The lowest BCUT2D eigenvalue weighted by atomic mass is 9.85. The molecule has 1 amide bonds. The van der Waals surface area contributed by atoms with Gasteiger partial charge in [0, 0.05) is 17.4 Å². The molecule has 0 bridgehead atoms. The summed E-state index contributed by atoms with van der Waals surface area (Å²) in [6.45, 7) is 0.375. The molecule has 0 aromatic heterocycles. The average molecular weight is 522 g/mol. The Morgan fingerprint density at radius 3 is 2.08 bits per heavy atom. The van der Waals surface area contributed by atoms with E-state index in [9.17, 15) is 4.79 Å². The zero-order valence-electron chi connectivity index (χ0n) is 21.5. The molecule has 1 fully saturated rings. The molecule has 0 spiro atoms. The molecule has 0 radical (unpaired) electrons. The van der Waals surface area contributed by atoms with Crippen molar-refractivity contribution in [2.75, 3.05) is 35.0 Å². The van der Waals surface area contributed by atoms with Crippen molar-refractivity contribution in [2.45, 2.75) is 35.6 Å². The molecular weight excluding hydrogens is 490 g/mol. The Hall–Kier alpha value is -3.52. The summed E-state index contributed by atoms with van der Waals surface area (Å²) < 4.78 is 27.9. The van der Waals surface area contributed by atoms with Crippen LogP contribution in [0.25, 0.3) is 0 Å². The predicted molar refractivity (Wildman–Crippen MR) is 142 cm³/mol. The third-order valence-corrected chi connectivity index (χ3v) is 8.25. The van der Waals surface area contributed by atoms with Crippen LogP contribution < -0.4 is 18.9 Å². The van der Waals surface area contributed by atoms with Crippen LogP contribution in [0, 0.1) is 0 Å². The number of ether oxygens (including phenoxy) is 5. The summed E-state index contributed by atoms with van der Waals surface area (Å²) in [5, 5.41) is 0. The van der Waals surface area contributed by atoms with E-state index in [1.807, 2.05) is 47.4 Å². The Kier molecular flexibility index (Phi) is 7.37. The van der Waals surface area contributed by atoms with Crippen molar-refractivity contribution < 1.29 is 28.5 Å². The van der Waals surface area contributed by atoms with Crippen molar-refractivity contribution in [1.82, 2.24) is 4.90 Å². The monoisotopic (exact) mass is 521 g/mol. The first kappa shape index (κ1) is 25.1. The quantitative estimate of drug-likeness (QED) is 0.336. The number of hydrogen-bond donors (Lipinski definition) is 0. The molecule has 0 unspecified atom stereocenters. The van der Waals surface area contributed by atoms with Crippen molar-refractivity contribution in [1.29, 1.82) is 0 Å². The van der Waals surface area contributed by atoms with E-state index in [2.05, 4.69) is 12.1 Å². The first-order valence-corrected chi connectivity index (χ1v) is 13.2. The van der Waals surface area contributed by atoms with Gasteiger partial charge in [-0.05, 0) is 53.8 Å². The van der Waals surface area contributed by atoms with E-state index in [0.717, 1.165) is 50.3 Å². The van der Waals surface area contributed by atoms with E-state index in [1.165, 1.54) is 5.56 Å². The van der Waals surface area contributed by atoms with Gasteiger partial charge < -0.3 is 23.7 Å². The lowest BCUT2D eigenvalue weighted by molar-refractivity contribution is 0.139. The molecule has 2 aliphatic heterocycles. The molecule has 2 atom stereocenters. The molecular formula is C29H31NO6S. The molecule has 8 heteroatoms. The van der Waals surface area contributed by atoms with Crippen LogP contribution in [0.5, 0.6) is 23.0 Å². The minimum Gasteiger partial charge on any atom is -0.497 e.